The number of nitrogens with zero attached hydrogens (tertiary/aromatic N) is 3. The molecule has 0 spiro atoms. The molecule has 4 aromatic rings. The van der Waals surface area contributed by atoms with Gasteiger partial charge in [0.15, 0.2) is 0 Å². The Bertz CT molecular complexity index is 1410. The highest BCUT2D eigenvalue weighted by atomic mass is 35.5. The van der Waals surface area contributed by atoms with Gasteiger partial charge in [-0.15, -0.1) is 0 Å². The van der Waals surface area contributed by atoms with Crippen LogP contribution in [-0.4, -0.2) is 20.5 Å². The van der Waals surface area contributed by atoms with E-state index in [4.69, 9.17) is 16.6 Å². The third-order valence-corrected chi connectivity index (χ3v) is 8.06. The van der Waals surface area contributed by atoms with Gasteiger partial charge in [0.1, 0.15) is 11.5 Å². The lowest BCUT2D eigenvalue weighted by Crippen LogP contribution is -2.14. The molecule has 0 amide bonds. The number of hydrogen-bond donors (Lipinski definition) is 1. The van der Waals surface area contributed by atoms with Crippen LogP contribution in [0, 0.1) is 5.82 Å². The van der Waals surface area contributed by atoms with Crippen LogP contribution in [0.15, 0.2) is 54.9 Å². The summed E-state index contributed by atoms with van der Waals surface area (Å²) in [6, 6.07) is 13.5. The smallest absolute Gasteiger partial charge is 0.248 e. The van der Waals surface area contributed by atoms with E-state index in [0.29, 0.717) is 35.5 Å². The molecule has 5 rings (SSSR count). The summed E-state index contributed by atoms with van der Waals surface area (Å²) in [5.74, 6) is -2.36. The second kappa shape index (κ2) is 14.9. The second-order valence-electron chi connectivity index (χ2n) is 11.2. The molecule has 1 N–H and O–H groups in total. The van der Waals surface area contributed by atoms with Gasteiger partial charge in [0.2, 0.25) is 11.9 Å². The Balaban J connectivity index is 0.000000349. The summed E-state index contributed by atoms with van der Waals surface area (Å²) in [7, 11) is 0. The minimum absolute atomic E-state index is 0.0486. The van der Waals surface area contributed by atoms with Crippen molar-refractivity contribution >= 4 is 34.3 Å². The van der Waals surface area contributed by atoms with E-state index in [0.717, 1.165) is 42.3 Å². The number of hydrogen-bond acceptors (Lipinski definition) is 3. The zero-order valence-corrected chi connectivity index (χ0v) is 25.7. The lowest BCUT2D eigenvalue weighted by atomic mass is 9.95. The van der Waals surface area contributed by atoms with Gasteiger partial charge in [-0.1, -0.05) is 88.7 Å². The topological polar surface area (TPSA) is 42.7 Å². The van der Waals surface area contributed by atoms with Gasteiger partial charge in [-0.05, 0) is 55.0 Å². The first-order valence-electron chi connectivity index (χ1n) is 15.3. The fourth-order valence-electron chi connectivity index (χ4n) is 5.56. The molecule has 1 aliphatic rings. The molecule has 0 aliphatic heterocycles. The molecule has 0 radical (unpaired) electrons. The van der Waals surface area contributed by atoms with Crippen molar-refractivity contribution in [2.75, 3.05) is 5.32 Å². The van der Waals surface area contributed by atoms with Gasteiger partial charge in [-0.2, -0.15) is 4.98 Å². The number of anilines is 2. The molecule has 42 heavy (non-hydrogen) atoms. The summed E-state index contributed by atoms with van der Waals surface area (Å²) < 4.78 is 41.3. The highest BCUT2D eigenvalue weighted by Crippen LogP contribution is 2.37. The Hall–Kier alpha value is -3.06. The molecule has 0 saturated heterocycles. The van der Waals surface area contributed by atoms with Crippen molar-refractivity contribution in [2.45, 2.75) is 103 Å². The Morgan fingerprint density at radius 3 is 2.36 bits per heavy atom. The number of alkyl halides is 2. The molecule has 0 bridgehead atoms. The molecule has 0 atom stereocenters. The number of benzene rings is 2. The summed E-state index contributed by atoms with van der Waals surface area (Å²) in [5, 5.41) is 4.47. The number of aromatic nitrogens is 3. The number of aryl methyl sites for hydroxylation is 1. The van der Waals surface area contributed by atoms with E-state index < -0.39 is 11.7 Å². The predicted octanol–water partition coefficient (Wildman–Crippen LogP) is 11.3. The molecule has 2 aromatic carbocycles. The van der Waals surface area contributed by atoms with E-state index in [1.807, 2.05) is 13.1 Å². The molecule has 226 valence electrons. The quantitative estimate of drug-likeness (QED) is 0.197. The molecule has 2 aromatic heterocycles. The molecule has 2 heterocycles. The van der Waals surface area contributed by atoms with E-state index in [1.54, 1.807) is 13.0 Å². The first-order chi connectivity index (χ1) is 20.2. The van der Waals surface area contributed by atoms with Crippen LogP contribution < -0.4 is 5.32 Å². The summed E-state index contributed by atoms with van der Waals surface area (Å²) in [5.41, 5.74) is 5.07. The lowest BCUT2D eigenvalue weighted by molar-refractivity contribution is -0.0186. The van der Waals surface area contributed by atoms with Crippen LogP contribution in [0.1, 0.15) is 96.6 Å². The Morgan fingerprint density at radius 2 is 1.71 bits per heavy atom. The maximum absolute atomic E-state index is 13.8. The molecule has 4 nitrogen and oxygen atoms in total. The summed E-state index contributed by atoms with van der Waals surface area (Å²) in [6.07, 6.45) is 13.4. The van der Waals surface area contributed by atoms with E-state index in [-0.39, 0.29) is 12.8 Å². The molecular weight excluding hydrogens is 557 g/mol. The molecule has 8 heteroatoms. The standard InChI is InChI=1S/C26H26ClFN4.C8H16F2/c1-2-17-8-10-18(11-9-17)24-16-32(22-6-4-3-5-7-22)25-23(24)15-29-26(31-25)30-21-13-19(27)12-20(28)14-21;1-3-5-7-8(9,10)6-4-2/h8-16,22H,2-7H2,1H3,(H,29,30,31);3-7H2,1-2H3. The SMILES string of the molecule is CCCCC(F)(F)CCC.CCc1ccc(-c2cn(C3CCCCC3)c3nc(Nc4cc(F)cc(Cl)c4)ncc23)cc1. The Kier molecular flexibility index (Phi) is 11.3. The van der Waals surface area contributed by atoms with Crippen molar-refractivity contribution in [1.29, 1.82) is 0 Å². The maximum atomic E-state index is 13.8. The highest BCUT2D eigenvalue weighted by molar-refractivity contribution is 6.30. The highest BCUT2D eigenvalue weighted by Gasteiger charge is 2.26. The van der Waals surface area contributed by atoms with Crippen LogP contribution >= 0.6 is 11.6 Å². The molecule has 0 unspecified atom stereocenters. The first-order valence-corrected chi connectivity index (χ1v) is 15.7. The normalized spacial score (nSPS) is 14.1. The van der Waals surface area contributed by atoms with Crippen LogP contribution in [0.4, 0.5) is 24.8 Å². The predicted molar refractivity (Wildman–Crippen MR) is 169 cm³/mol. The summed E-state index contributed by atoms with van der Waals surface area (Å²) >= 11 is 6.01. The van der Waals surface area contributed by atoms with E-state index in [2.05, 4.69) is 52.3 Å². The van der Waals surface area contributed by atoms with E-state index in [9.17, 15) is 13.2 Å². The summed E-state index contributed by atoms with van der Waals surface area (Å²) in [6.45, 7) is 5.89. The minimum Gasteiger partial charge on any atom is -0.329 e. The molecular formula is C34H42ClF3N4. The van der Waals surface area contributed by atoms with Crippen LogP contribution in [0.25, 0.3) is 22.2 Å². The second-order valence-corrected chi connectivity index (χ2v) is 11.7. The first kappa shape index (κ1) is 31.9. The fraction of sp³-hybridized carbons (Fsp3) is 0.471. The van der Waals surface area contributed by atoms with Crippen molar-refractivity contribution in [1.82, 2.24) is 14.5 Å². The monoisotopic (exact) mass is 598 g/mol. The van der Waals surface area contributed by atoms with Crippen LogP contribution in [0.5, 0.6) is 0 Å². The zero-order chi connectivity index (χ0) is 30.1. The van der Waals surface area contributed by atoms with Crippen LogP contribution in [0.3, 0.4) is 0 Å². The van der Waals surface area contributed by atoms with Crippen LogP contribution in [0.2, 0.25) is 5.02 Å². The van der Waals surface area contributed by atoms with Crippen molar-refractivity contribution in [2.24, 2.45) is 0 Å². The fourth-order valence-corrected chi connectivity index (χ4v) is 5.78. The lowest BCUT2D eigenvalue weighted by Gasteiger charge is -2.23. The summed E-state index contributed by atoms with van der Waals surface area (Å²) in [4.78, 5) is 9.40. The minimum atomic E-state index is -2.40. The third-order valence-electron chi connectivity index (χ3n) is 7.84. The average Bonchev–Trinajstić information content (AvgIpc) is 3.35. The number of nitrogens with one attached hydrogen (secondary N) is 1. The maximum Gasteiger partial charge on any atom is 0.248 e. The van der Waals surface area contributed by atoms with Crippen molar-refractivity contribution in [3.63, 3.8) is 0 Å². The molecule has 1 fully saturated rings. The van der Waals surface area contributed by atoms with E-state index >= 15 is 0 Å². The van der Waals surface area contributed by atoms with Crippen molar-refractivity contribution in [3.05, 3.63) is 71.3 Å². The Labute approximate surface area is 252 Å². The van der Waals surface area contributed by atoms with Gasteiger partial charge in [0.25, 0.3) is 0 Å². The van der Waals surface area contributed by atoms with Crippen molar-refractivity contribution in [3.8, 4) is 11.1 Å². The molecule has 1 aliphatic carbocycles. The number of fused-ring (bicyclic) bond motifs is 1. The average molecular weight is 599 g/mol. The van der Waals surface area contributed by atoms with Gasteiger partial charge < -0.3 is 9.88 Å². The Morgan fingerprint density at radius 1 is 0.976 bits per heavy atom. The number of rotatable bonds is 10. The largest absolute Gasteiger partial charge is 0.329 e. The van der Waals surface area contributed by atoms with Gasteiger partial charge in [0, 0.05) is 52.9 Å². The molecule has 1 saturated carbocycles. The van der Waals surface area contributed by atoms with Gasteiger partial charge >= 0.3 is 0 Å². The number of halogens is 4. The van der Waals surface area contributed by atoms with Crippen molar-refractivity contribution < 1.29 is 13.2 Å². The van der Waals surface area contributed by atoms with Gasteiger partial charge in [-0.3, -0.25) is 0 Å². The number of unbranched alkanes of at least 4 members (excludes halogenated alkanes) is 1. The van der Waals surface area contributed by atoms with E-state index in [1.165, 1.54) is 42.5 Å². The van der Waals surface area contributed by atoms with Gasteiger partial charge in [-0.25, -0.2) is 18.2 Å². The van der Waals surface area contributed by atoms with Gasteiger partial charge in [0.05, 0.1) is 0 Å². The third kappa shape index (κ3) is 8.50. The van der Waals surface area contributed by atoms with Crippen LogP contribution in [-0.2, 0) is 6.42 Å². The zero-order valence-electron chi connectivity index (χ0n) is 24.9.